The van der Waals surface area contributed by atoms with E-state index in [4.69, 9.17) is 5.11 Å². The molecule has 0 aromatic carbocycles. The molecule has 11 heavy (non-hydrogen) atoms. The van der Waals surface area contributed by atoms with Crippen molar-refractivity contribution in [2.24, 2.45) is 11.3 Å². The summed E-state index contributed by atoms with van der Waals surface area (Å²) in [6.45, 7) is 0.278. The highest BCUT2D eigenvalue weighted by atomic mass is 16.3. The fraction of sp³-hybridized carbons (Fsp3) is 1.00. The number of rotatable bonds is 1. The number of aliphatic hydroxyl groups is 2. The highest BCUT2D eigenvalue weighted by Gasteiger charge is 2.46. The number of aliphatic hydroxyl groups excluding tert-OH is 2. The quantitative estimate of drug-likeness (QED) is 0.592. The second-order valence-corrected chi connectivity index (χ2v) is 4.37. The third-order valence-corrected chi connectivity index (χ3v) is 3.36. The van der Waals surface area contributed by atoms with Crippen LogP contribution in [-0.4, -0.2) is 22.9 Å². The van der Waals surface area contributed by atoms with E-state index >= 15 is 0 Å². The molecule has 3 fully saturated rings. The van der Waals surface area contributed by atoms with Gasteiger partial charge >= 0.3 is 0 Å². The van der Waals surface area contributed by atoms with E-state index in [9.17, 15) is 5.11 Å². The molecule has 3 aliphatic rings. The van der Waals surface area contributed by atoms with Crippen molar-refractivity contribution in [3.05, 3.63) is 0 Å². The molecule has 2 heteroatoms. The van der Waals surface area contributed by atoms with Gasteiger partial charge in [-0.25, -0.2) is 0 Å². The van der Waals surface area contributed by atoms with Crippen LogP contribution in [0.2, 0.25) is 0 Å². The SMILES string of the molecule is OCC12CC(O)CCC(C1)C2. The van der Waals surface area contributed by atoms with Gasteiger partial charge in [0.05, 0.1) is 6.10 Å². The zero-order valence-electron chi connectivity index (χ0n) is 6.79. The third kappa shape index (κ3) is 1.18. The molecule has 2 nitrogen and oxygen atoms in total. The first kappa shape index (κ1) is 7.56. The van der Waals surface area contributed by atoms with E-state index in [-0.39, 0.29) is 18.1 Å². The van der Waals surface area contributed by atoms with Crippen molar-refractivity contribution >= 4 is 0 Å². The van der Waals surface area contributed by atoms with E-state index in [1.807, 2.05) is 0 Å². The van der Waals surface area contributed by atoms with Crippen LogP contribution in [0.1, 0.15) is 32.1 Å². The van der Waals surface area contributed by atoms with E-state index in [0.29, 0.717) is 0 Å². The van der Waals surface area contributed by atoms with Gasteiger partial charge in [0.15, 0.2) is 0 Å². The van der Waals surface area contributed by atoms with Crippen LogP contribution in [0.5, 0.6) is 0 Å². The van der Waals surface area contributed by atoms with Crippen LogP contribution in [0.25, 0.3) is 0 Å². The Kier molecular flexibility index (Phi) is 1.69. The molecule has 0 aromatic heterocycles. The van der Waals surface area contributed by atoms with Crippen molar-refractivity contribution in [1.29, 1.82) is 0 Å². The molecule has 64 valence electrons. The molecule has 0 aromatic rings. The molecule has 0 saturated heterocycles. The van der Waals surface area contributed by atoms with Gasteiger partial charge in [-0.2, -0.15) is 0 Å². The first-order chi connectivity index (χ1) is 5.24. The second kappa shape index (κ2) is 2.46. The summed E-state index contributed by atoms with van der Waals surface area (Å²) < 4.78 is 0. The maximum atomic E-state index is 9.47. The Morgan fingerprint density at radius 1 is 1.18 bits per heavy atom. The van der Waals surface area contributed by atoms with Crippen LogP contribution in [0, 0.1) is 11.3 Å². The van der Waals surface area contributed by atoms with Gasteiger partial charge in [-0.1, -0.05) is 0 Å². The minimum atomic E-state index is -0.144. The van der Waals surface area contributed by atoms with Gasteiger partial charge in [-0.15, -0.1) is 0 Å². The van der Waals surface area contributed by atoms with Gasteiger partial charge in [0.2, 0.25) is 0 Å². The first-order valence-corrected chi connectivity index (χ1v) is 4.53. The lowest BCUT2D eigenvalue weighted by Gasteiger charge is -2.45. The Morgan fingerprint density at radius 2 is 1.91 bits per heavy atom. The number of hydrogen-bond acceptors (Lipinski definition) is 2. The van der Waals surface area contributed by atoms with Gasteiger partial charge in [0.25, 0.3) is 0 Å². The summed E-state index contributed by atoms with van der Waals surface area (Å²) in [5, 5.41) is 18.6. The fourth-order valence-electron chi connectivity index (χ4n) is 2.76. The van der Waals surface area contributed by atoms with Crippen molar-refractivity contribution in [3.8, 4) is 0 Å². The van der Waals surface area contributed by atoms with Gasteiger partial charge in [-0.3, -0.25) is 0 Å². The van der Waals surface area contributed by atoms with Gasteiger partial charge in [-0.05, 0) is 43.4 Å². The predicted molar refractivity (Wildman–Crippen MR) is 42.1 cm³/mol. The molecule has 3 saturated carbocycles. The largest absolute Gasteiger partial charge is 0.396 e. The average molecular weight is 156 g/mol. The molecule has 0 heterocycles. The average Bonchev–Trinajstić information content (AvgIpc) is 2.15. The van der Waals surface area contributed by atoms with Crippen LogP contribution in [-0.2, 0) is 0 Å². The zero-order valence-corrected chi connectivity index (χ0v) is 6.79. The van der Waals surface area contributed by atoms with Crippen LogP contribution < -0.4 is 0 Å². The molecule has 0 spiro atoms. The van der Waals surface area contributed by atoms with E-state index in [1.54, 1.807) is 0 Å². The summed E-state index contributed by atoms with van der Waals surface area (Å²) in [6.07, 6.45) is 5.12. The monoisotopic (exact) mass is 156 g/mol. The van der Waals surface area contributed by atoms with Crippen molar-refractivity contribution in [3.63, 3.8) is 0 Å². The van der Waals surface area contributed by atoms with E-state index in [0.717, 1.165) is 31.6 Å². The Balaban J connectivity index is 2.04. The minimum absolute atomic E-state index is 0.126. The number of fused-ring (bicyclic) bond motifs is 3. The molecular weight excluding hydrogens is 140 g/mol. The summed E-state index contributed by atoms with van der Waals surface area (Å²) in [4.78, 5) is 0. The smallest absolute Gasteiger partial charge is 0.0546 e. The molecule has 2 N–H and O–H groups in total. The van der Waals surface area contributed by atoms with Crippen LogP contribution >= 0.6 is 0 Å². The zero-order chi connectivity index (χ0) is 7.90. The van der Waals surface area contributed by atoms with Crippen LogP contribution in [0.3, 0.4) is 0 Å². The normalized spacial score (nSPS) is 49.6. The van der Waals surface area contributed by atoms with Crippen molar-refractivity contribution in [2.75, 3.05) is 6.61 Å². The minimum Gasteiger partial charge on any atom is -0.396 e. The lowest BCUT2D eigenvalue weighted by Crippen LogP contribution is -2.39. The molecule has 3 rings (SSSR count). The maximum Gasteiger partial charge on any atom is 0.0546 e. The molecule has 1 unspecified atom stereocenters. The van der Waals surface area contributed by atoms with E-state index in [2.05, 4.69) is 0 Å². The maximum absolute atomic E-state index is 9.47. The Bertz CT molecular complexity index is 150. The predicted octanol–water partition coefficient (Wildman–Crippen LogP) is 0.920. The van der Waals surface area contributed by atoms with Gasteiger partial charge in [0.1, 0.15) is 0 Å². The molecule has 0 aliphatic heterocycles. The summed E-state index contributed by atoms with van der Waals surface area (Å²) in [7, 11) is 0. The third-order valence-electron chi connectivity index (χ3n) is 3.36. The van der Waals surface area contributed by atoms with E-state index in [1.165, 1.54) is 6.42 Å². The van der Waals surface area contributed by atoms with Crippen LogP contribution in [0.15, 0.2) is 0 Å². The molecule has 0 amide bonds. The second-order valence-electron chi connectivity index (χ2n) is 4.37. The molecule has 0 radical (unpaired) electrons. The molecule has 2 bridgehead atoms. The van der Waals surface area contributed by atoms with Crippen molar-refractivity contribution in [1.82, 2.24) is 0 Å². The lowest BCUT2D eigenvalue weighted by molar-refractivity contribution is -0.0199. The molecular formula is C9H16O2. The standard InChI is InChI=1S/C9H16O2/c10-6-9-3-7(4-9)1-2-8(11)5-9/h7-8,10-11H,1-6H2. The Morgan fingerprint density at radius 3 is 2.55 bits per heavy atom. The van der Waals surface area contributed by atoms with E-state index < -0.39 is 0 Å². The fourth-order valence-corrected chi connectivity index (χ4v) is 2.76. The summed E-state index contributed by atoms with van der Waals surface area (Å²) in [6, 6.07) is 0. The first-order valence-electron chi connectivity index (χ1n) is 4.53. The van der Waals surface area contributed by atoms with Gasteiger partial charge in [0, 0.05) is 6.61 Å². The van der Waals surface area contributed by atoms with Crippen molar-refractivity contribution < 1.29 is 10.2 Å². The molecule has 3 aliphatic carbocycles. The summed E-state index contributed by atoms with van der Waals surface area (Å²) in [5.74, 6) is 0.805. The summed E-state index contributed by atoms with van der Waals surface area (Å²) >= 11 is 0. The highest BCUT2D eigenvalue weighted by molar-refractivity contribution is 4.97. The summed E-state index contributed by atoms with van der Waals surface area (Å²) in [5.41, 5.74) is 0.126. The van der Waals surface area contributed by atoms with Crippen molar-refractivity contribution in [2.45, 2.75) is 38.2 Å². The molecule has 1 atom stereocenters. The van der Waals surface area contributed by atoms with Gasteiger partial charge < -0.3 is 10.2 Å². The Hall–Kier alpha value is -0.0800. The number of hydrogen-bond donors (Lipinski definition) is 2. The Labute approximate surface area is 67.2 Å². The van der Waals surface area contributed by atoms with Crippen LogP contribution in [0.4, 0.5) is 0 Å². The highest BCUT2D eigenvalue weighted by Crippen LogP contribution is 2.53. The topological polar surface area (TPSA) is 40.5 Å². The lowest BCUT2D eigenvalue weighted by atomic mass is 9.61.